The van der Waals surface area contributed by atoms with Crippen molar-refractivity contribution in [1.29, 1.82) is 0 Å². The van der Waals surface area contributed by atoms with Gasteiger partial charge in [0.2, 0.25) is 5.91 Å². The van der Waals surface area contributed by atoms with Crippen LogP contribution in [-0.2, 0) is 9.59 Å². The van der Waals surface area contributed by atoms with Gasteiger partial charge in [0.25, 0.3) is 0 Å². The fraction of sp³-hybridized carbons (Fsp3) is 0.545. The van der Waals surface area contributed by atoms with Crippen molar-refractivity contribution in [3.8, 4) is 0 Å². The molecule has 92 valence electrons. The first-order valence-electron chi connectivity index (χ1n) is 5.58. The lowest BCUT2D eigenvalue weighted by Gasteiger charge is -2.17. The first-order valence-corrected chi connectivity index (χ1v) is 5.58. The van der Waals surface area contributed by atoms with Crippen LogP contribution >= 0.6 is 0 Å². The summed E-state index contributed by atoms with van der Waals surface area (Å²) >= 11 is 0. The smallest absolute Gasteiger partial charge is 0.305 e. The number of imidazole rings is 1. The fourth-order valence-electron chi connectivity index (χ4n) is 1.89. The van der Waals surface area contributed by atoms with Crippen LogP contribution in [-0.4, -0.2) is 26.5 Å². The SMILES string of the molecule is CC(=O)N[C@H](CC(=O)O)c1cncn1C1CC1. The molecule has 6 heteroatoms. The van der Waals surface area contributed by atoms with Crippen LogP contribution in [0.3, 0.4) is 0 Å². The summed E-state index contributed by atoms with van der Waals surface area (Å²) in [6, 6.07) is -0.0920. The Balaban J connectivity index is 2.20. The van der Waals surface area contributed by atoms with E-state index in [0.717, 1.165) is 18.5 Å². The van der Waals surface area contributed by atoms with Crippen LogP contribution in [0.15, 0.2) is 12.5 Å². The zero-order chi connectivity index (χ0) is 12.4. The second-order valence-electron chi connectivity index (χ2n) is 4.31. The average Bonchev–Trinajstić information content (AvgIpc) is 2.94. The van der Waals surface area contributed by atoms with Crippen molar-refractivity contribution in [2.45, 2.75) is 38.3 Å². The average molecular weight is 237 g/mol. The van der Waals surface area contributed by atoms with E-state index in [-0.39, 0.29) is 12.3 Å². The van der Waals surface area contributed by atoms with Crippen molar-refractivity contribution in [1.82, 2.24) is 14.9 Å². The Morgan fingerprint density at radius 3 is 2.88 bits per heavy atom. The molecule has 2 rings (SSSR count). The number of nitrogens with zero attached hydrogens (tertiary/aromatic N) is 2. The Labute approximate surface area is 98.7 Å². The van der Waals surface area contributed by atoms with Gasteiger partial charge in [0.05, 0.1) is 30.7 Å². The van der Waals surface area contributed by atoms with Crippen molar-refractivity contribution in [2.75, 3.05) is 0 Å². The van der Waals surface area contributed by atoms with E-state index in [1.54, 1.807) is 12.5 Å². The van der Waals surface area contributed by atoms with Gasteiger partial charge in [0.1, 0.15) is 0 Å². The van der Waals surface area contributed by atoms with Gasteiger partial charge in [-0.25, -0.2) is 4.98 Å². The van der Waals surface area contributed by atoms with Gasteiger partial charge < -0.3 is 15.0 Å². The molecule has 6 nitrogen and oxygen atoms in total. The summed E-state index contributed by atoms with van der Waals surface area (Å²) in [6.45, 7) is 1.38. The number of hydrogen-bond donors (Lipinski definition) is 2. The van der Waals surface area contributed by atoms with Gasteiger partial charge in [-0.05, 0) is 12.8 Å². The van der Waals surface area contributed by atoms with E-state index in [0.29, 0.717) is 6.04 Å². The van der Waals surface area contributed by atoms with Crippen molar-refractivity contribution in [3.05, 3.63) is 18.2 Å². The number of nitrogens with one attached hydrogen (secondary N) is 1. The van der Waals surface area contributed by atoms with Gasteiger partial charge in [0, 0.05) is 13.0 Å². The summed E-state index contributed by atoms with van der Waals surface area (Å²) in [4.78, 5) is 25.9. The molecule has 1 atom stereocenters. The van der Waals surface area contributed by atoms with E-state index >= 15 is 0 Å². The van der Waals surface area contributed by atoms with E-state index in [9.17, 15) is 9.59 Å². The third-order valence-electron chi connectivity index (χ3n) is 2.75. The van der Waals surface area contributed by atoms with Gasteiger partial charge >= 0.3 is 5.97 Å². The number of hydrogen-bond acceptors (Lipinski definition) is 3. The van der Waals surface area contributed by atoms with Gasteiger partial charge in [-0.1, -0.05) is 0 Å². The molecular formula is C11H15N3O3. The summed E-state index contributed by atoms with van der Waals surface area (Å²) in [5.41, 5.74) is 0.769. The molecule has 1 amide bonds. The number of aromatic nitrogens is 2. The maximum absolute atomic E-state index is 11.1. The Bertz CT molecular complexity index is 421. The number of aliphatic carboxylic acids is 1. The monoisotopic (exact) mass is 237 g/mol. The Morgan fingerprint density at radius 1 is 1.65 bits per heavy atom. The Kier molecular flexibility index (Phi) is 3.12. The molecule has 0 spiro atoms. The van der Waals surface area contributed by atoms with E-state index in [4.69, 9.17) is 5.11 Å². The van der Waals surface area contributed by atoms with Crippen molar-refractivity contribution in [3.63, 3.8) is 0 Å². The number of rotatable bonds is 5. The van der Waals surface area contributed by atoms with Crippen LogP contribution in [0, 0.1) is 0 Å². The molecular weight excluding hydrogens is 222 g/mol. The predicted octanol–water partition coefficient (Wildman–Crippen LogP) is 0.870. The number of carbonyl (C=O) groups excluding carboxylic acids is 1. The highest BCUT2D eigenvalue weighted by Gasteiger charge is 2.29. The zero-order valence-corrected chi connectivity index (χ0v) is 9.59. The zero-order valence-electron chi connectivity index (χ0n) is 9.59. The molecule has 1 aliphatic carbocycles. The number of carboxylic acid groups (broad SMARTS) is 1. The van der Waals surface area contributed by atoms with Crippen LogP contribution in [0.5, 0.6) is 0 Å². The second kappa shape index (κ2) is 4.57. The molecule has 1 heterocycles. The molecule has 0 radical (unpaired) electrons. The molecule has 0 bridgehead atoms. The third kappa shape index (κ3) is 2.83. The van der Waals surface area contributed by atoms with Crippen molar-refractivity contribution < 1.29 is 14.7 Å². The quantitative estimate of drug-likeness (QED) is 0.795. The minimum Gasteiger partial charge on any atom is -0.481 e. The standard InChI is InChI=1S/C11H15N3O3/c1-7(15)13-9(4-11(16)17)10-5-12-6-14(10)8-2-3-8/h5-6,8-9H,2-4H2,1H3,(H,13,15)(H,16,17)/t9-/m1/s1. The maximum Gasteiger partial charge on any atom is 0.305 e. The highest BCUT2D eigenvalue weighted by atomic mass is 16.4. The largest absolute Gasteiger partial charge is 0.481 e. The molecule has 0 saturated heterocycles. The number of amides is 1. The van der Waals surface area contributed by atoms with Crippen LogP contribution in [0.1, 0.15) is 44.0 Å². The van der Waals surface area contributed by atoms with Crippen molar-refractivity contribution in [2.24, 2.45) is 0 Å². The van der Waals surface area contributed by atoms with E-state index in [2.05, 4.69) is 10.3 Å². The topological polar surface area (TPSA) is 84.2 Å². The van der Waals surface area contributed by atoms with Crippen LogP contribution < -0.4 is 5.32 Å². The second-order valence-corrected chi connectivity index (χ2v) is 4.31. The molecule has 0 unspecified atom stereocenters. The van der Waals surface area contributed by atoms with E-state index < -0.39 is 12.0 Å². The van der Waals surface area contributed by atoms with Crippen LogP contribution in [0.4, 0.5) is 0 Å². The molecule has 1 aliphatic rings. The summed E-state index contributed by atoms with van der Waals surface area (Å²) in [6.07, 6.45) is 5.37. The summed E-state index contributed by atoms with van der Waals surface area (Å²) in [5.74, 6) is -1.17. The summed E-state index contributed by atoms with van der Waals surface area (Å²) < 4.78 is 1.96. The Hall–Kier alpha value is -1.85. The molecule has 1 fully saturated rings. The van der Waals surface area contributed by atoms with Gasteiger partial charge in [-0.15, -0.1) is 0 Å². The fourth-order valence-corrected chi connectivity index (χ4v) is 1.89. The lowest BCUT2D eigenvalue weighted by Crippen LogP contribution is -2.29. The third-order valence-corrected chi connectivity index (χ3v) is 2.75. The van der Waals surface area contributed by atoms with Crippen LogP contribution in [0.25, 0.3) is 0 Å². The first kappa shape index (κ1) is 11.6. The van der Waals surface area contributed by atoms with E-state index in [1.165, 1.54) is 6.92 Å². The van der Waals surface area contributed by atoms with E-state index in [1.807, 2.05) is 4.57 Å². The molecule has 1 aromatic heterocycles. The number of carbonyl (C=O) groups is 2. The summed E-state index contributed by atoms with van der Waals surface area (Å²) in [7, 11) is 0. The molecule has 1 saturated carbocycles. The minimum atomic E-state index is -0.938. The molecule has 0 aliphatic heterocycles. The highest BCUT2D eigenvalue weighted by Crippen LogP contribution is 2.37. The number of carboxylic acids is 1. The Morgan fingerprint density at radius 2 is 2.35 bits per heavy atom. The van der Waals surface area contributed by atoms with Crippen molar-refractivity contribution >= 4 is 11.9 Å². The normalized spacial score (nSPS) is 16.5. The minimum absolute atomic E-state index is 0.127. The molecule has 2 N–H and O–H groups in total. The molecule has 17 heavy (non-hydrogen) atoms. The molecule has 1 aromatic rings. The van der Waals surface area contributed by atoms with Gasteiger partial charge in [-0.2, -0.15) is 0 Å². The lowest BCUT2D eigenvalue weighted by atomic mass is 10.1. The van der Waals surface area contributed by atoms with Gasteiger partial charge in [0.15, 0.2) is 0 Å². The van der Waals surface area contributed by atoms with Crippen LogP contribution in [0.2, 0.25) is 0 Å². The first-order chi connectivity index (χ1) is 8.08. The predicted molar refractivity (Wildman–Crippen MR) is 59.3 cm³/mol. The maximum atomic E-state index is 11.1. The van der Waals surface area contributed by atoms with Gasteiger partial charge in [-0.3, -0.25) is 9.59 Å². The summed E-state index contributed by atoms with van der Waals surface area (Å²) in [5, 5.41) is 11.5. The highest BCUT2D eigenvalue weighted by molar-refractivity contribution is 5.75. The lowest BCUT2D eigenvalue weighted by molar-refractivity contribution is -0.137. The molecule has 0 aromatic carbocycles.